The molecule has 1 aliphatic heterocycles. The highest BCUT2D eigenvalue weighted by atomic mass is 35.5. The van der Waals surface area contributed by atoms with Crippen LogP contribution in [0.1, 0.15) is 33.3 Å². The Morgan fingerprint density at radius 1 is 1.52 bits per heavy atom. The van der Waals surface area contributed by atoms with Gasteiger partial charge in [-0.05, 0) is 20.3 Å². The number of aryl methyl sites for hydroxylation is 3. The van der Waals surface area contributed by atoms with E-state index in [0.717, 1.165) is 23.8 Å². The second kappa shape index (κ2) is 7.41. The van der Waals surface area contributed by atoms with Crippen molar-refractivity contribution >= 4 is 28.8 Å². The summed E-state index contributed by atoms with van der Waals surface area (Å²) >= 11 is 7.80. The molecular weight excluding hydrogens is 362 g/mol. The predicted molar refractivity (Wildman–Crippen MR) is 97.0 cm³/mol. The van der Waals surface area contributed by atoms with Gasteiger partial charge in [0.25, 0.3) is 5.91 Å². The van der Waals surface area contributed by atoms with E-state index in [1.54, 1.807) is 25.3 Å². The third-order valence-electron chi connectivity index (χ3n) is 4.39. The maximum atomic E-state index is 12.6. The van der Waals surface area contributed by atoms with Crippen molar-refractivity contribution in [3.05, 3.63) is 32.5 Å². The van der Waals surface area contributed by atoms with Crippen LogP contribution in [-0.4, -0.2) is 55.9 Å². The zero-order valence-electron chi connectivity index (χ0n) is 14.5. The van der Waals surface area contributed by atoms with Crippen molar-refractivity contribution in [2.45, 2.75) is 39.0 Å². The van der Waals surface area contributed by atoms with Gasteiger partial charge in [-0.1, -0.05) is 11.6 Å². The zero-order valence-corrected chi connectivity index (χ0v) is 16.1. The standard InChI is InChI=1S/C16H22ClN5O2S/c1-9-14(17)15(21(3)20-9)16(24)19-12-7-22(5-4-13(12)23)6-11-8-25-10(2)18-11/h8,12-13,23H,4-7H2,1-3H3,(H,19,24)/t12-,13+/m1/s1. The van der Waals surface area contributed by atoms with E-state index in [1.165, 1.54) is 4.68 Å². The number of carbonyl (C=O) groups is 1. The first kappa shape index (κ1) is 18.3. The average Bonchev–Trinajstić information content (AvgIpc) is 3.06. The molecule has 9 heteroatoms. The van der Waals surface area contributed by atoms with E-state index in [2.05, 4.69) is 20.3 Å². The summed E-state index contributed by atoms with van der Waals surface area (Å²) in [5, 5.41) is 20.8. The molecule has 0 bridgehead atoms. The predicted octanol–water partition coefficient (Wildman–Crippen LogP) is 1.51. The second-order valence-corrected chi connectivity index (χ2v) is 7.84. The van der Waals surface area contributed by atoms with Crippen LogP contribution in [0.4, 0.5) is 0 Å². The zero-order chi connectivity index (χ0) is 18.1. The van der Waals surface area contributed by atoms with Gasteiger partial charge in [0.05, 0.1) is 33.6 Å². The number of aliphatic hydroxyl groups excluding tert-OH is 1. The highest BCUT2D eigenvalue weighted by Crippen LogP contribution is 2.21. The number of piperidine rings is 1. The second-order valence-electron chi connectivity index (χ2n) is 6.40. The van der Waals surface area contributed by atoms with Gasteiger partial charge in [-0.25, -0.2) is 4.98 Å². The van der Waals surface area contributed by atoms with Crippen LogP contribution >= 0.6 is 22.9 Å². The Balaban J connectivity index is 1.67. The molecule has 1 amide bonds. The molecule has 2 N–H and O–H groups in total. The number of aromatic nitrogens is 3. The van der Waals surface area contributed by atoms with Gasteiger partial charge in [-0.3, -0.25) is 14.4 Å². The lowest BCUT2D eigenvalue weighted by molar-refractivity contribution is 0.0404. The van der Waals surface area contributed by atoms with Crippen LogP contribution in [-0.2, 0) is 13.6 Å². The van der Waals surface area contributed by atoms with Crippen molar-refractivity contribution in [3.63, 3.8) is 0 Å². The molecule has 7 nitrogen and oxygen atoms in total. The van der Waals surface area contributed by atoms with Gasteiger partial charge in [-0.15, -0.1) is 11.3 Å². The minimum absolute atomic E-state index is 0.316. The quantitative estimate of drug-likeness (QED) is 0.836. The van der Waals surface area contributed by atoms with E-state index < -0.39 is 6.10 Å². The number of thiazole rings is 1. The number of hydrogen-bond donors (Lipinski definition) is 2. The minimum Gasteiger partial charge on any atom is -0.391 e. The van der Waals surface area contributed by atoms with E-state index in [0.29, 0.717) is 29.4 Å². The van der Waals surface area contributed by atoms with Crippen LogP contribution in [0.3, 0.4) is 0 Å². The molecule has 0 saturated carbocycles. The molecule has 3 rings (SSSR count). The van der Waals surface area contributed by atoms with Gasteiger partial charge in [0.2, 0.25) is 0 Å². The number of rotatable bonds is 4. The number of nitrogens with zero attached hydrogens (tertiary/aromatic N) is 4. The monoisotopic (exact) mass is 383 g/mol. The highest BCUT2D eigenvalue weighted by molar-refractivity contribution is 7.09. The summed E-state index contributed by atoms with van der Waals surface area (Å²) in [6, 6.07) is -0.354. The Hall–Kier alpha value is -1.48. The number of amides is 1. The average molecular weight is 384 g/mol. The first-order valence-electron chi connectivity index (χ1n) is 8.16. The SMILES string of the molecule is Cc1nc(CN2CC[C@H](O)[C@H](NC(=O)c3c(Cl)c(C)nn3C)C2)cs1. The first-order chi connectivity index (χ1) is 11.8. The third-order valence-corrected chi connectivity index (χ3v) is 5.67. The van der Waals surface area contributed by atoms with Crippen molar-refractivity contribution in [1.29, 1.82) is 0 Å². The number of likely N-dealkylation sites (tertiary alicyclic amines) is 1. The van der Waals surface area contributed by atoms with Crippen LogP contribution in [0.2, 0.25) is 5.02 Å². The summed E-state index contributed by atoms with van der Waals surface area (Å²) < 4.78 is 1.47. The Kier molecular flexibility index (Phi) is 5.43. The molecule has 0 spiro atoms. The van der Waals surface area contributed by atoms with Gasteiger partial charge in [0.15, 0.2) is 0 Å². The molecule has 0 radical (unpaired) electrons. The Morgan fingerprint density at radius 2 is 2.28 bits per heavy atom. The van der Waals surface area contributed by atoms with Crippen LogP contribution in [0.15, 0.2) is 5.38 Å². The van der Waals surface area contributed by atoms with Crippen LogP contribution in [0.25, 0.3) is 0 Å². The molecule has 25 heavy (non-hydrogen) atoms. The normalized spacial score (nSPS) is 21.5. The van der Waals surface area contributed by atoms with Gasteiger partial charge >= 0.3 is 0 Å². The summed E-state index contributed by atoms with van der Waals surface area (Å²) in [6.45, 7) is 5.80. The fourth-order valence-electron chi connectivity index (χ4n) is 3.12. The lowest BCUT2D eigenvalue weighted by Gasteiger charge is -2.36. The fraction of sp³-hybridized carbons (Fsp3) is 0.562. The third kappa shape index (κ3) is 4.03. The largest absolute Gasteiger partial charge is 0.391 e. The van der Waals surface area contributed by atoms with Crippen molar-refractivity contribution in [3.8, 4) is 0 Å². The van der Waals surface area contributed by atoms with Gasteiger partial charge in [0.1, 0.15) is 5.69 Å². The first-order valence-corrected chi connectivity index (χ1v) is 9.42. The Bertz CT molecular complexity index is 775. The molecule has 1 aliphatic rings. The lowest BCUT2D eigenvalue weighted by Crippen LogP contribution is -2.55. The molecule has 0 unspecified atom stereocenters. The van der Waals surface area contributed by atoms with Crippen LogP contribution in [0.5, 0.6) is 0 Å². The smallest absolute Gasteiger partial charge is 0.271 e. The van der Waals surface area contributed by atoms with Crippen LogP contribution < -0.4 is 5.32 Å². The van der Waals surface area contributed by atoms with E-state index in [1.807, 2.05) is 12.3 Å². The molecule has 0 aromatic carbocycles. The van der Waals surface area contributed by atoms with Crippen molar-refractivity contribution < 1.29 is 9.90 Å². The van der Waals surface area contributed by atoms with Crippen molar-refractivity contribution in [2.24, 2.45) is 7.05 Å². The minimum atomic E-state index is -0.578. The highest BCUT2D eigenvalue weighted by Gasteiger charge is 2.31. The van der Waals surface area contributed by atoms with Crippen molar-refractivity contribution in [2.75, 3.05) is 13.1 Å². The Labute approximate surface area is 155 Å². The molecule has 2 aromatic heterocycles. The molecule has 3 heterocycles. The molecule has 1 saturated heterocycles. The summed E-state index contributed by atoms with van der Waals surface area (Å²) in [5.74, 6) is -0.316. The van der Waals surface area contributed by atoms with Crippen LogP contribution in [0, 0.1) is 13.8 Å². The number of aliphatic hydroxyl groups is 1. The molecule has 0 aliphatic carbocycles. The van der Waals surface area contributed by atoms with E-state index >= 15 is 0 Å². The summed E-state index contributed by atoms with van der Waals surface area (Å²) in [7, 11) is 1.68. The summed E-state index contributed by atoms with van der Waals surface area (Å²) in [6.07, 6.45) is 0.0251. The molecule has 2 atom stereocenters. The summed E-state index contributed by atoms with van der Waals surface area (Å²) in [4.78, 5) is 19.3. The summed E-state index contributed by atoms with van der Waals surface area (Å²) in [5.41, 5.74) is 1.95. The van der Waals surface area contributed by atoms with Crippen molar-refractivity contribution in [1.82, 2.24) is 25.0 Å². The molecule has 2 aromatic rings. The van der Waals surface area contributed by atoms with E-state index in [9.17, 15) is 9.90 Å². The van der Waals surface area contributed by atoms with Gasteiger partial charge in [-0.2, -0.15) is 5.10 Å². The fourth-order valence-corrected chi connectivity index (χ4v) is 3.97. The number of carbonyl (C=O) groups excluding carboxylic acids is 1. The maximum absolute atomic E-state index is 12.6. The molecular formula is C16H22ClN5O2S. The topological polar surface area (TPSA) is 83.3 Å². The lowest BCUT2D eigenvalue weighted by atomic mass is 10.0. The maximum Gasteiger partial charge on any atom is 0.271 e. The number of halogens is 1. The Morgan fingerprint density at radius 3 is 2.88 bits per heavy atom. The van der Waals surface area contributed by atoms with E-state index in [-0.39, 0.29) is 11.9 Å². The molecule has 1 fully saturated rings. The van der Waals surface area contributed by atoms with Gasteiger partial charge < -0.3 is 10.4 Å². The number of hydrogen-bond acceptors (Lipinski definition) is 6. The number of nitrogens with one attached hydrogen (secondary N) is 1. The van der Waals surface area contributed by atoms with Gasteiger partial charge in [0, 0.05) is 32.1 Å². The van der Waals surface area contributed by atoms with E-state index in [4.69, 9.17) is 11.6 Å². The molecule has 136 valence electrons.